The molecule has 1 aromatic carbocycles. The molecule has 19 heavy (non-hydrogen) atoms. The third kappa shape index (κ3) is 3.26. The molecule has 0 aliphatic carbocycles. The highest BCUT2D eigenvalue weighted by Gasteiger charge is 2.11. The van der Waals surface area contributed by atoms with Gasteiger partial charge in [0.15, 0.2) is 11.6 Å². The molecule has 102 valence electrons. The van der Waals surface area contributed by atoms with Gasteiger partial charge in [0.05, 0.1) is 22.2 Å². The van der Waals surface area contributed by atoms with Gasteiger partial charge in [-0.15, -0.1) is 0 Å². The monoisotopic (exact) mass is 284 g/mol. The summed E-state index contributed by atoms with van der Waals surface area (Å²) in [5.74, 6) is -1.74. The fraction of sp³-hybridized carbons (Fsp3) is 0.308. The molecule has 0 spiro atoms. The van der Waals surface area contributed by atoms with Crippen LogP contribution in [0.15, 0.2) is 35.4 Å². The first-order valence-corrected chi connectivity index (χ1v) is 7.16. The Hall–Kier alpha value is -1.56. The van der Waals surface area contributed by atoms with Gasteiger partial charge >= 0.3 is 0 Å². The zero-order chi connectivity index (χ0) is 14.0. The van der Waals surface area contributed by atoms with Crippen molar-refractivity contribution in [3.05, 3.63) is 47.8 Å². The summed E-state index contributed by atoms with van der Waals surface area (Å²) in [6.07, 6.45) is 1.81. The first kappa shape index (κ1) is 13.9. The van der Waals surface area contributed by atoms with Crippen molar-refractivity contribution in [1.29, 1.82) is 0 Å². The molecule has 0 saturated carbocycles. The third-order valence-electron chi connectivity index (χ3n) is 2.63. The van der Waals surface area contributed by atoms with Crippen LogP contribution in [0.1, 0.15) is 25.6 Å². The zero-order valence-electron chi connectivity index (χ0n) is 10.6. The van der Waals surface area contributed by atoms with E-state index in [0.717, 1.165) is 12.1 Å². The summed E-state index contributed by atoms with van der Waals surface area (Å²) in [4.78, 5) is 0.262. The predicted molar refractivity (Wildman–Crippen MR) is 69.1 cm³/mol. The summed E-state index contributed by atoms with van der Waals surface area (Å²) >= 11 is 0. The van der Waals surface area contributed by atoms with Gasteiger partial charge in [0, 0.05) is 17.1 Å². The van der Waals surface area contributed by atoms with Crippen LogP contribution in [0, 0.1) is 11.6 Å². The van der Waals surface area contributed by atoms with E-state index in [4.69, 9.17) is 0 Å². The number of benzene rings is 1. The van der Waals surface area contributed by atoms with Gasteiger partial charge in [-0.1, -0.05) is 0 Å². The molecule has 2 rings (SSSR count). The van der Waals surface area contributed by atoms with E-state index < -0.39 is 22.4 Å². The van der Waals surface area contributed by atoms with E-state index in [1.54, 1.807) is 10.7 Å². The third-order valence-corrected chi connectivity index (χ3v) is 3.96. The first-order valence-electron chi connectivity index (χ1n) is 5.85. The Morgan fingerprint density at radius 2 is 2.00 bits per heavy atom. The lowest BCUT2D eigenvalue weighted by atomic mass is 10.3. The van der Waals surface area contributed by atoms with Crippen LogP contribution >= 0.6 is 0 Å². The van der Waals surface area contributed by atoms with Gasteiger partial charge in [-0.3, -0.25) is 8.89 Å². The second-order valence-electron chi connectivity index (χ2n) is 4.45. The Balaban J connectivity index is 2.13. The molecule has 0 saturated heterocycles. The fourth-order valence-corrected chi connectivity index (χ4v) is 2.62. The van der Waals surface area contributed by atoms with Crippen molar-refractivity contribution >= 4 is 10.8 Å². The average Bonchev–Trinajstić information content (AvgIpc) is 2.81. The molecule has 1 aromatic heterocycles. The SMILES string of the molecule is CC(C)n1ccc(C[S@](=O)c2ccc(F)c(F)c2)n1. The van der Waals surface area contributed by atoms with E-state index in [1.807, 2.05) is 20.0 Å². The smallest absolute Gasteiger partial charge is 0.160 e. The van der Waals surface area contributed by atoms with Crippen LogP contribution in [0.5, 0.6) is 0 Å². The van der Waals surface area contributed by atoms with Crippen molar-refractivity contribution < 1.29 is 13.0 Å². The van der Waals surface area contributed by atoms with Gasteiger partial charge in [0.1, 0.15) is 0 Å². The number of nitrogens with zero attached hydrogens (tertiary/aromatic N) is 2. The van der Waals surface area contributed by atoms with Crippen LogP contribution in [-0.2, 0) is 16.6 Å². The molecule has 1 heterocycles. The number of aromatic nitrogens is 2. The summed E-state index contributed by atoms with van der Waals surface area (Å²) in [5.41, 5.74) is 0.664. The van der Waals surface area contributed by atoms with Gasteiger partial charge in [0.25, 0.3) is 0 Å². The van der Waals surface area contributed by atoms with Gasteiger partial charge < -0.3 is 0 Å². The second kappa shape index (κ2) is 5.61. The van der Waals surface area contributed by atoms with Crippen LogP contribution in [-0.4, -0.2) is 14.0 Å². The van der Waals surface area contributed by atoms with Crippen LogP contribution in [0.3, 0.4) is 0 Å². The van der Waals surface area contributed by atoms with Crippen molar-refractivity contribution in [2.45, 2.75) is 30.5 Å². The van der Waals surface area contributed by atoms with Gasteiger partial charge in [-0.05, 0) is 38.1 Å². The summed E-state index contributed by atoms with van der Waals surface area (Å²) < 4.78 is 39.6. The minimum absolute atomic E-state index is 0.185. The normalized spacial score (nSPS) is 12.9. The predicted octanol–water partition coefficient (Wildman–Crippen LogP) is 3.05. The van der Waals surface area contributed by atoms with Crippen molar-refractivity contribution in [3.8, 4) is 0 Å². The van der Waals surface area contributed by atoms with E-state index in [0.29, 0.717) is 5.69 Å². The number of halogens is 2. The average molecular weight is 284 g/mol. The lowest BCUT2D eigenvalue weighted by Gasteiger charge is -2.04. The minimum Gasteiger partial charge on any atom is -0.270 e. The van der Waals surface area contributed by atoms with Gasteiger partial charge in [-0.25, -0.2) is 8.78 Å². The fourth-order valence-electron chi connectivity index (χ4n) is 1.58. The molecule has 0 unspecified atom stereocenters. The molecule has 6 heteroatoms. The molecule has 3 nitrogen and oxygen atoms in total. The van der Waals surface area contributed by atoms with Gasteiger partial charge in [-0.2, -0.15) is 5.10 Å². The quantitative estimate of drug-likeness (QED) is 0.865. The van der Waals surface area contributed by atoms with Crippen LogP contribution < -0.4 is 0 Å². The highest BCUT2D eigenvalue weighted by atomic mass is 32.2. The molecule has 0 radical (unpaired) electrons. The maximum atomic E-state index is 13.1. The first-order chi connectivity index (χ1) is 8.97. The molecule has 0 aliphatic rings. The Morgan fingerprint density at radius 3 is 2.58 bits per heavy atom. The maximum absolute atomic E-state index is 13.1. The topological polar surface area (TPSA) is 34.9 Å². The highest BCUT2D eigenvalue weighted by Crippen LogP contribution is 2.15. The van der Waals surface area contributed by atoms with E-state index in [1.165, 1.54) is 6.07 Å². The second-order valence-corrected chi connectivity index (χ2v) is 5.90. The molecule has 2 aromatic rings. The van der Waals surface area contributed by atoms with E-state index in [-0.39, 0.29) is 16.7 Å². The number of hydrogen-bond donors (Lipinski definition) is 0. The van der Waals surface area contributed by atoms with Crippen molar-refractivity contribution in [3.63, 3.8) is 0 Å². The molecule has 0 amide bonds. The Labute approximate surface area is 112 Å². The summed E-state index contributed by atoms with van der Waals surface area (Å²) in [5, 5.41) is 4.27. The lowest BCUT2D eigenvalue weighted by molar-refractivity contribution is 0.505. The van der Waals surface area contributed by atoms with Crippen molar-refractivity contribution in [1.82, 2.24) is 9.78 Å². The lowest BCUT2D eigenvalue weighted by Crippen LogP contribution is -2.03. The highest BCUT2D eigenvalue weighted by molar-refractivity contribution is 7.84. The van der Waals surface area contributed by atoms with Gasteiger partial charge in [0.2, 0.25) is 0 Å². The molecule has 0 N–H and O–H groups in total. The molecule has 1 atom stereocenters. The van der Waals surface area contributed by atoms with Crippen LogP contribution in [0.4, 0.5) is 8.78 Å². The van der Waals surface area contributed by atoms with Crippen molar-refractivity contribution in [2.75, 3.05) is 0 Å². The molecule has 0 bridgehead atoms. The van der Waals surface area contributed by atoms with E-state index in [2.05, 4.69) is 5.10 Å². The number of hydrogen-bond acceptors (Lipinski definition) is 2. The maximum Gasteiger partial charge on any atom is 0.160 e. The molecular weight excluding hydrogens is 270 g/mol. The minimum atomic E-state index is -1.44. The molecule has 0 aliphatic heterocycles. The Morgan fingerprint density at radius 1 is 1.26 bits per heavy atom. The van der Waals surface area contributed by atoms with E-state index in [9.17, 15) is 13.0 Å². The van der Waals surface area contributed by atoms with Crippen LogP contribution in [0.2, 0.25) is 0 Å². The number of rotatable bonds is 4. The van der Waals surface area contributed by atoms with E-state index >= 15 is 0 Å². The summed E-state index contributed by atoms with van der Waals surface area (Å²) in [7, 11) is -1.44. The Bertz CT molecular complexity index is 610. The van der Waals surface area contributed by atoms with Crippen LogP contribution in [0.25, 0.3) is 0 Å². The largest absolute Gasteiger partial charge is 0.270 e. The summed E-state index contributed by atoms with van der Waals surface area (Å²) in [6.45, 7) is 3.98. The molecule has 0 fully saturated rings. The summed E-state index contributed by atoms with van der Waals surface area (Å²) in [6, 6.07) is 5.27. The Kier molecular flexibility index (Phi) is 4.09. The molecular formula is C13H14F2N2OS. The standard InChI is InChI=1S/C13H14F2N2OS/c1-9(2)17-6-5-10(16-17)8-19(18)11-3-4-12(14)13(15)7-11/h3-7,9H,8H2,1-2H3/t19-/m0/s1. The zero-order valence-corrected chi connectivity index (χ0v) is 11.5. The van der Waals surface area contributed by atoms with Crippen molar-refractivity contribution in [2.24, 2.45) is 0 Å².